The largest absolute Gasteiger partial charge is 0.466 e. The van der Waals surface area contributed by atoms with Crippen molar-refractivity contribution in [2.24, 2.45) is 0 Å². The maximum Gasteiger partial charge on any atom is 0.306 e. The van der Waals surface area contributed by atoms with Gasteiger partial charge < -0.3 is 14.6 Å². The van der Waals surface area contributed by atoms with Crippen molar-refractivity contribution in [1.29, 1.82) is 0 Å². The number of esters is 1. The summed E-state index contributed by atoms with van der Waals surface area (Å²) in [7, 11) is 0. The summed E-state index contributed by atoms with van der Waals surface area (Å²) < 4.78 is 6.22. The standard InChI is InChI=1S/C18H21N3O4/c1-3-25-18(24)9-7-14-5-6-15(10-19-14)20-16(22)12-21-11-13(2)4-8-17(21)23/h4-6,8,10-11H,3,7,9,12H2,1-2H3,(H,20,22). The third-order valence-corrected chi connectivity index (χ3v) is 3.44. The summed E-state index contributed by atoms with van der Waals surface area (Å²) in [6, 6.07) is 6.59. The van der Waals surface area contributed by atoms with Crippen LogP contribution in [0.25, 0.3) is 0 Å². The molecule has 0 aromatic carbocycles. The molecule has 0 aliphatic heterocycles. The molecule has 0 aliphatic rings. The highest BCUT2D eigenvalue weighted by atomic mass is 16.5. The Morgan fingerprint density at radius 2 is 2.04 bits per heavy atom. The van der Waals surface area contributed by atoms with Crippen LogP contribution in [0, 0.1) is 6.92 Å². The van der Waals surface area contributed by atoms with Gasteiger partial charge in [-0.25, -0.2) is 0 Å². The zero-order valence-corrected chi connectivity index (χ0v) is 14.3. The highest BCUT2D eigenvalue weighted by Crippen LogP contribution is 2.08. The first-order chi connectivity index (χ1) is 12.0. The van der Waals surface area contributed by atoms with Crippen LogP contribution in [0.5, 0.6) is 0 Å². The average molecular weight is 343 g/mol. The van der Waals surface area contributed by atoms with E-state index in [1.807, 2.05) is 6.92 Å². The maximum absolute atomic E-state index is 12.1. The van der Waals surface area contributed by atoms with Crippen LogP contribution in [-0.4, -0.2) is 28.0 Å². The predicted octanol–water partition coefficient (Wildman–Crippen LogP) is 1.69. The molecule has 1 amide bonds. The second-order valence-corrected chi connectivity index (χ2v) is 5.56. The minimum Gasteiger partial charge on any atom is -0.466 e. The summed E-state index contributed by atoms with van der Waals surface area (Å²) in [5, 5.41) is 2.70. The molecule has 25 heavy (non-hydrogen) atoms. The highest BCUT2D eigenvalue weighted by molar-refractivity contribution is 5.90. The van der Waals surface area contributed by atoms with Gasteiger partial charge in [-0.1, -0.05) is 6.07 Å². The zero-order chi connectivity index (χ0) is 18.2. The normalized spacial score (nSPS) is 10.3. The molecule has 0 unspecified atom stereocenters. The van der Waals surface area contributed by atoms with E-state index >= 15 is 0 Å². The van der Waals surface area contributed by atoms with Crippen molar-refractivity contribution >= 4 is 17.6 Å². The van der Waals surface area contributed by atoms with E-state index in [0.717, 1.165) is 11.3 Å². The van der Waals surface area contributed by atoms with Crippen LogP contribution in [-0.2, 0) is 27.3 Å². The van der Waals surface area contributed by atoms with Crippen molar-refractivity contribution in [2.75, 3.05) is 11.9 Å². The second-order valence-electron chi connectivity index (χ2n) is 5.56. The fraction of sp³-hybridized carbons (Fsp3) is 0.333. The molecular formula is C18H21N3O4. The fourth-order valence-electron chi connectivity index (χ4n) is 2.24. The van der Waals surface area contributed by atoms with Gasteiger partial charge in [-0.15, -0.1) is 0 Å². The molecule has 132 valence electrons. The van der Waals surface area contributed by atoms with Gasteiger partial charge in [0.15, 0.2) is 0 Å². The Kier molecular flexibility index (Phi) is 6.45. The molecule has 0 fully saturated rings. The molecular weight excluding hydrogens is 322 g/mol. The van der Waals surface area contributed by atoms with Crippen molar-refractivity contribution in [3.63, 3.8) is 0 Å². The lowest BCUT2D eigenvalue weighted by molar-refractivity contribution is -0.143. The van der Waals surface area contributed by atoms with E-state index in [0.29, 0.717) is 18.7 Å². The molecule has 2 heterocycles. The Labute approximate surface area is 145 Å². The number of ether oxygens (including phenoxy) is 1. The monoisotopic (exact) mass is 343 g/mol. The minimum atomic E-state index is -0.311. The van der Waals surface area contributed by atoms with E-state index in [1.54, 1.807) is 31.3 Å². The first-order valence-electron chi connectivity index (χ1n) is 8.05. The van der Waals surface area contributed by atoms with Gasteiger partial charge in [0, 0.05) is 24.4 Å². The summed E-state index contributed by atoms with van der Waals surface area (Å²) in [6.45, 7) is 3.91. The number of pyridine rings is 2. The van der Waals surface area contributed by atoms with Gasteiger partial charge in [0.25, 0.3) is 5.56 Å². The van der Waals surface area contributed by atoms with Crippen molar-refractivity contribution in [1.82, 2.24) is 9.55 Å². The van der Waals surface area contributed by atoms with Gasteiger partial charge in [-0.3, -0.25) is 19.4 Å². The molecule has 0 saturated heterocycles. The molecule has 7 nitrogen and oxygen atoms in total. The number of aryl methyl sites for hydroxylation is 2. The Morgan fingerprint density at radius 3 is 2.72 bits per heavy atom. The van der Waals surface area contributed by atoms with Crippen molar-refractivity contribution in [2.45, 2.75) is 33.2 Å². The van der Waals surface area contributed by atoms with Gasteiger partial charge in [-0.05, 0) is 31.5 Å². The van der Waals surface area contributed by atoms with Crippen LogP contribution < -0.4 is 10.9 Å². The lowest BCUT2D eigenvalue weighted by atomic mass is 10.2. The highest BCUT2D eigenvalue weighted by Gasteiger charge is 2.07. The van der Waals surface area contributed by atoms with E-state index in [9.17, 15) is 14.4 Å². The minimum absolute atomic E-state index is 0.0644. The molecule has 0 radical (unpaired) electrons. The number of nitrogens with zero attached hydrogens (tertiary/aromatic N) is 2. The summed E-state index contributed by atoms with van der Waals surface area (Å²) in [6.07, 6.45) is 3.91. The van der Waals surface area contributed by atoms with Gasteiger partial charge in [0.05, 0.1) is 24.9 Å². The lowest BCUT2D eigenvalue weighted by Gasteiger charge is -2.08. The number of nitrogens with one attached hydrogen (secondary N) is 1. The molecule has 0 bridgehead atoms. The molecule has 0 atom stereocenters. The van der Waals surface area contributed by atoms with Crippen LogP contribution in [0.15, 0.2) is 41.5 Å². The number of hydrogen-bond acceptors (Lipinski definition) is 5. The summed E-state index contributed by atoms with van der Waals surface area (Å²) in [5.74, 6) is -0.570. The van der Waals surface area contributed by atoms with E-state index in [-0.39, 0.29) is 30.4 Å². The summed E-state index contributed by atoms with van der Waals surface area (Å²) in [4.78, 5) is 39.3. The summed E-state index contributed by atoms with van der Waals surface area (Å²) in [5.41, 5.74) is 1.94. The molecule has 2 rings (SSSR count). The van der Waals surface area contributed by atoms with Crippen molar-refractivity contribution < 1.29 is 14.3 Å². The number of aromatic nitrogens is 2. The van der Waals surface area contributed by atoms with Crippen LogP contribution in [0.1, 0.15) is 24.6 Å². The third kappa shape index (κ3) is 5.87. The van der Waals surface area contributed by atoms with Crippen molar-refractivity contribution in [3.8, 4) is 0 Å². The van der Waals surface area contributed by atoms with Crippen LogP contribution in [0.3, 0.4) is 0 Å². The Morgan fingerprint density at radius 1 is 1.24 bits per heavy atom. The number of amides is 1. The quantitative estimate of drug-likeness (QED) is 0.773. The van der Waals surface area contributed by atoms with E-state index < -0.39 is 0 Å². The first kappa shape index (κ1) is 18.4. The smallest absolute Gasteiger partial charge is 0.306 e. The van der Waals surface area contributed by atoms with Crippen molar-refractivity contribution in [3.05, 3.63) is 58.3 Å². The second kappa shape index (κ2) is 8.77. The molecule has 0 spiro atoms. The topological polar surface area (TPSA) is 90.3 Å². The van der Waals surface area contributed by atoms with E-state index in [1.165, 1.54) is 16.8 Å². The predicted molar refractivity (Wildman–Crippen MR) is 93.3 cm³/mol. The molecule has 7 heteroatoms. The molecule has 2 aromatic heterocycles. The number of rotatable bonds is 7. The lowest BCUT2D eigenvalue weighted by Crippen LogP contribution is -2.26. The number of anilines is 1. The van der Waals surface area contributed by atoms with E-state index in [2.05, 4.69) is 10.3 Å². The first-order valence-corrected chi connectivity index (χ1v) is 8.05. The third-order valence-electron chi connectivity index (χ3n) is 3.44. The van der Waals surface area contributed by atoms with Gasteiger partial charge in [-0.2, -0.15) is 0 Å². The van der Waals surface area contributed by atoms with Crippen LogP contribution >= 0.6 is 0 Å². The SMILES string of the molecule is CCOC(=O)CCc1ccc(NC(=O)Cn2cc(C)ccc2=O)cn1. The maximum atomic E-state index is 12.1. The Balaban J connectivity index is 1.90. The van der Waals surface area contributed by atoms with Gasteiger partial charge in [0.2, 0.25) is 5.91 Å². The Bertz CT molecular complexity index is 797. The van der Waals surface area contributed by atoms with Crippen LogP contribution in [0.4, 0.5) is 5.69 Å². The number of carbonyl (C=O) groups is 2. The molecule has 2 aromatic rings. The van der Waals surface area contributed by atoms with Gasteiger partial charge in [0.1, 0.15) is 6.54 Å². The number of hydrogen-bond donors (Lipinski definition) is 1. The average Bonchev–Trinajstić information content (AvgIpc) is 2.58. The molecule has 0 aliphatic carbocycles. The summed E-state index contributed by atoms with van der Waals surface area (Å²) >= 11 is 0. The molecule has 1 N–H and O–H groups in total. The van der Waals surface area contributed by atoms with E-state index in [4.69, 9.17) is 4.74 Å². The number of carbonyl (C=O) groups excluding carboxylic acids is 2. The van der Waals surface area contributed by atoms with Crippen LogP contribution in [0.2, 0.25) is 0 Å². The zero-order valence-electron chi connectivity index (χ0n) is 14.3. The van der Waals surface area contributed by atoms with Gasteiger partial charge >= 0.3 is 5.97 Å². The Hall–Kier alpha value is -2.96. The fourth-order valence-corrected chi connectivity index (χ4v) is 2.24. The molecule has 0 saturated carbocycles.